The number of nitrogens with two attached hydrogens (primary N) is 1. The van der Waals surface area contributed by atoms with E-state index in [0.717, 1.165) is 0 Å². The van der Waals surface area contributed by atoms with Gasteiger partial charge in [0.1, 0.15) is 0 Å². The van der Waals surface area contributed by atoms with Crippen LogP contribution in [0.4, 0.5) is 5.69 Å². The first-order chi connectivity index (χ1) is 5.74. The summed E-state index contributed by atoms with van der Waals surface area (Å²) in [6.45, 7) is 0. The quantitative estimate of drug-likeness (QED) is 0.403. The number of anilines is 1. The summed E-state index contributed by atoms with van der Waals surface area (Å²) in [5, 5.41) is 0. The van der Waals surface area contributed by atoms with E-state index in [2.05, 4.69) is 5.92 Å². The molecule has 0 fully saturated rings. The number of hydrogen-bond acceptors (Lipinski definition) is 2. The van der Waals surface area contributed by atoms with Crippen molar-refractivity contribution < 1.29 is 4.79 Å². The van der Waals surface area contributed by atoms with Gasteiger partial charge in [-0.05, 0) is 12.1 Å². The molecule has 2 nitrogen and oxygen atoms in total. The molecule has 0 radical (unpaired) electrons. The lowest BCUT2D eigenvalue weighted by Crippen LogP contribution is -1.98. The molecule has 0 spiro atoms. The predicted octanol–water partition coefficient (Wildman–Crippen LogP) is 1.47. The van der Waals surface area contributed by atoms with Gasteiger partial charge in [-0.1, -0.05) is 18.1 Å². The van der Waals surface area contributed by atoms with Gasteiger partial charge in [0.25, 0.3) is 0 Å². The SMILES string of the molecule is C#CCC(=O)c1cccc(N)c1. The van der Waals surface area contributed by atoms with Crippen molar-refractivity contribution >= 4 is 11.5 Å². The van der Waals surface area contributed by atoms with E-state index in [4.69, 9.17) is 12.2 Å². The zero-order valence-corrected chi connectivity index (χ0v) is 6.58. The molecule has 0 saturated heterocycles. The summed E-state index contributed by atoms with van der Waals surface area (Å²) in [5.41, 5.74) is 6.65. The van der Waals surface area contributed by atoms with Crippen molar-refractivity contribution in [2.75, 3.05) is 5.73 Å². The summed E-state index contributed by atoms with van der Waals surface area (Å²) in [6.07, 6.45) is 5.13. The van der Waals surface area contributed by atoms with Crippen LogP contribution in [0.2, 0.25) is 0 Å². The fraction of sp³-hybridized carbons (Fsp3) is 0.100. The number of carbonyl (C=O) groups excluding carboxylic acids is 1. The Morgan fingerprint density at radius 2 is 2.33 bits per heavy atom. The number of hydrogen-bond donors (Lipinski definition) is 1. The molecule has 0 aromatic heterocycles. The first-order valence-corrected chi connectivity index (χ1v) is 3.56. The highest BCUT2D eigenvalue weighted by Gasteiger charge is 2.02. The Labute approximate surface area is 71.4 Å². The highest BCUT2D eigenvalue weighted by molar-refractivity contribution is 5.98. The number of nitrogen functional groups attached to an aromatic ring is 1. The maximum absolute atomic E-state index is 11.2. The number of ketones is 1. The molecule has 0 saturated carbocycles. The molecule has 0 bridgehead atoms. The highest BCUT2D eigenvalue weighted by Crippen LogP contribution is 2.08. The predicted molar refractivity (Wildman–Crippen MR) is 48.6 cm³/mol. The average molecular weight is 159 g/mol. The van der Waals surface area contributed by atoms with Gasteiger partial charge in [0.15, 0.2) is 5.78 Å². The Morgan fingerprint density at radius 1 is 1.58 bits per heavy atom. The zero-order chi connectivity index (χ0) is 8.97. The normalized spacial score (nSPS) is 8.92. The first-order valence-electron chi connectivity index (χ1n) is 3.56. The molecule has 2 N–H and O–H groups in total. The van der Waals surface area contributed by atoms with E-state index >= 15 is 0 Å². The molecule has 1 aromatic carbocycles. The first kappa shape index (κ1) is 8.35. The minimum absolute atomic E-state index is 0.0650. The molecule has 0 aliphatic rings. The lowest BCUT2D eigenvalue weighted by molar-refractivity contribution is 0.0998. The van der Waals surface area contributed by atoms with Gasteiger partial charge in [0.2, 0.25) is 0 Å². The van der Waals surface area contributed by atoms with Crippen molar-refractivity contribution in [1.29, 1.82) is 0 Å². The highest BCUT2D eigenvalue weighted by atomic mass is 16.1. The summed E-state index contributed by atoms with van der Waals surface area (Å²) >= 11 is 0. The summed E-state index contributed by atoms with van der Waals surface area (Å²) in [6, 6.07) is 6.79. The molecular formula is C10H9NO. The minimum Gasteiger partial charge on any atom is -0.399 e. The van der Waals surface area contributed by atoms with E-state index in [1.165, 1.54) is 0 Å². The van der Waals surface area contributed by atoms with E-state index < -0.39 is 0 Å². The maximum atomic E-state index is 11.2. The van der Waals surface area contributed by atoms with Crippen molar-refractivity contribution in [3.8, 4) is 12.3 Å². The molecule has 12 heavy (non-hydrogen) atoms. The summed E-state index contributed by atoms with van der Waals surface area (Å²) in [7, 11) is 0. The van der Waals surface area contributed by atoms with Crippen LogP contribution in [0.25, 0.3) is 0 Å². The van der Waals surface area contributed by atoms with Crippen LogP contribution in [-0.2, 0) is 0 Å². The molecule has 0 aliphatic carbocycles. The van der Waals surface area contributed by atoms with Gasteiger partial charge < -0.3 is 5.73 Å². The lowest BCUT2D eigenvalue weighted by atomic mass is 10.1. The van der Waals surface area contributed by atoms with Gasteiger partial charge in [-0.25, -0.2) is 0 Å². The molecule has 0 heterocycles. The standard InChI is InChI=1S/C10H9NO/c1-2-4-10(12)8-5-3-6-9(11)7-8/h1,3,5-7H,4,11H2. The molecule has 0 aliphatic heterocycles. The minimum atomic E-state index is -0.0650. The van der Waals surface area contributed by atoms with Gasteiger partial charge in [-0.2, -0.15) is 0 Å². The number of Topliss-reactive ketones (excluding diaryl/α,β-unsaturated/α-hetero) is 1. The monoisotopic (exact) mass is 159 g/mol. The smallest absolute Gasteiger partial charge is 0.174 e. The van der Waals surface area contributed by atoms with Crippen LogP contribution in [0.3, 0.4) is 0 Å². The third-order valence-electron chi connectivity index (χ3n) is 1.47. The molecule has 0 unspecified atom stereocenters. The van der Waals surface area contributed by atoms with Crippen LogP contribution in [0.5, 0.6) is 0 Å². The van der Waals surface area contributed by atoms with Crippen LogP contribution >= 0.6 is 0 Å². The molecular weight excluding hydrogens is 150 g/mol. The van der Waals surface area contributed by atoms with Crippen LogP contribution in [-0.4, -0.2) is 5.78 Å². The third kappa shape index (κ3) is 1.86. The van der Waals surface area contributed by atoms with Crippen molar-refractivity contribution in [2.24, 2.45) is 0 Å². The molecule has 0 amide bonds. The number of benzene rings is 1. The number of rotatable bonds is 2. The summed E-state index contributed by atoms with van der Waals surface area (Å²) in [4.78, 5) is 11.2. The fourth-order valence-electron chi connectivity index (χ4n) is 0.907. The maximum Gasteiger partial charge on any atom is 0.174 e. The molecule has 1 aromatic rings. The topological polar surface area (TPSA) is 43.1 Å². The molecule has 60 valence electrons. The second kappa shape index (κ2) is 3.59. The summed E-state index contributed by atoms with van der Waals surface area (Å²) < 4.78 is 0. The van der Waals surface area contributed by atoms with Crippen LogP contribution < -0.4 is 5.73 Å². The van der Waals surface area contributed by atoms with E-state index in [9.17, 15) is 4.79 Å². The Morgan fingerprint density at radius 3 is 2.92 bits per heavy atom. The fourth-order valence-corrected chi connectivity index (χ4v) is 0.907. The largest absolute Gasteiger partial charge is 0.399 e. The van der Waals surface area contributed by atoms with E-state index in [-0.39, 0.29) is 12.2 Å². The van der Waals surface area contributed by atoms with Gasteiger partial charge in [0.05, 0.1) is 6.42 Å². The van der Waals surface area contributed by atoms with E-state index in [0.29, 0.717) is 11.3 Å². The third-order valence-corrected chi connectivity index (χ3v) is 1.47. The van der Waals surface area contributed by atoms with Crippen molar-refractivity contribution in [2.45, 2.75) is 6.42 Å². The Balaban J connectivity index is 2.90. The average Bonchev–Trinajstić information content (AvgIpc) is 2.05. The Kier molecular flexibility index (Phi) is 2.49. The number of terminal acetylenes is 1. The second-order valence-electron chi connectivity index (χ2n) is 2.43. The van der Waals surface area contributed by atoms with Crippen molar-refractivity contribution in [3.63, 3.8) is 0 Å². The lowest BCUT2D eigenvalue weighted by Gasteiger charge is -1.97. The van der Waals surface area contributed by atoms with Crippen molar-refractivity contribution in [1.82, 2.24) is 0 Å². The second-order valence-corrected chi connectivity index (χ2v) is 2.43. The van der Waals surface area contributed by atoms with Crippen LogP contribution in [0, 0.1) is 12.3 Å². The Bertz CT molecular complexity index is 336. The van der Waals surface area contributed by atoms with Gasteiger partial charge in [-0.15, -0.1) is 6.42 Å². The van der Waals surface area contributed by atoms with Gasteiger partial charge in [0, 0.05) is 11.3 Å². The molecule has 2 heteroatoms. The Hall–Kier alpha value is -1.75. The van der Waals surface area contributed by atoms with Crippen LogP contribution in [0.15, 0.2) is 24.3 Å². The molecule has 1 rings (SSSR count). The zero-order valence-electron chi connectivity index (χ0n) is 6.58. The van der Waals surface area contributed by atoms with Crippen molar-refractivity contribution in [3.05, 3.63) is 29.8 Å². The summed E-state index contributed by atoms with van der Waals surface area (Å²) in [5.74, 6) is 2.23. The van der Waals surface area contributed by atoms with Gasteiger partial charge >= 0.3 is 0 Å². The molecule has 0 atom stereocenters. The van der Waals surface area contributed by atoms with E-state index in [1.807, 2.05) is 0 Å². The van der Waals surface area contributed by atoms with Crippen LogP contribution in [0.1, 0.15) is 16.8 Å². The number of carbonyl (C=O) groups is 1. The van der Waals surface area contributed by atoms with Gasteiger partial charge in [-0.3, -0.25) is 4.79 Å². The van der Waals surface area contributed by atoms with E-state index in [1.54, 1.807) is 24.3 Å².